The number of halogens is 1. The summed E-state index contributed by atoms with van der Waals surface area (Å²) >= 11 is 1.68. The number of nitrogens with one attached hydrogen (secondary N) is 1. The third-order valence-electron chi connectivity index (χ3n) is 2.71. The molecule has 0 amide bonds. The van der Waals surface area contributed by atoms with Crippen molar-refractivity contribution in [2.75, 3.05) is 14.2 Å². The first-order valence-electron chi connectivity index (χ1n) is 6.08. The Balaban J connectivity index is 2.15. The summed E-state index contributed by atoms with van der Waals surface area (Å²) in [5, 5.41) is 4.16. The molecule has 2 aromatic rings. The van der Waals surface area contributed by atoms with Gasteiger partial charge in [-0.2, -0.15) is 0 Å². The molecular formula is C14H17FN2OS. The highest BCUT2D eigenvalue weighted by Gasteiger charge is 2.10. The van der Waals surface area contributed by atoms with Crippen LogP contribution in [-0.2, 0) is 24.3 Å². The summed E-state index contributed by atoms with van der Waals surface area (Å²) in [4.78, 5) is 5.79. The Labute approximate surface area is 116 Å². The quantitative estimate of drug-likeness (QED) is 0.883. The fraction of sp³-hybridized carbons (Fsp3) is 0.357. The number of nitrogens with zero attached hydrogens (tertiary/aromatic N) is 1. The first-order valence-corrected chi connectivity index (χ1v) is 6.90. The van der Waals surface area contributed by atoms with Gasteiger partial charge < -0.3 is 10.1 Å². The van der Waals surface area contributed by atoms with Crippen LogP contribution in [0.2, 0.25) is 0 Å². The summed E-state index contributed by atoms with van der Waals surface area (Å²) in [5.41, 5.74) is 2.05. The SMILES string of the molecule is CNCc1sc(Cc2ccc(F)cc2)nc1COC. The van der Waals surface area contributed by atoms with Crippen LogP contribution >= 0.6 is 11.3 Å². The van der Waals surface area contributed by atoms with Crippen molar-refractivity contribution in [1.29, 1.82) is 0 Å². The molecule has 1 heterocycles. The number of hydrogen-bond acceptors (Lipinski definition) is 4. The van der Waals surface area contributed by atoms with Gasteiger partial charge in [0.05, 0.1) is 17.3 Å². The second-order valence-corrected chi connectivity index (χ2v) is 5.41. The molecule has 3 nitrogen and oxygen atoms in total. The Bertz CT molecular complexity index is 501. The zero-order valence-corrected chi connectivity index (χ0v) is 11.9. The predicted molar refractivity (Wildman–Crippen MR) is 74.8 cm³/mol. The predicted octanol–water partition coefficient (Wildman–Crippen LogP) is 2.74. The van der Waals surface area contributed by atoms with Crippen LogP contribution in [0.15, 0.2) is 24.3 Å². The van der Waals surface area contributed by atoms with Gasteiger partial charge in [-0.25, -0.2) is 9.37 Å². The Morgan fingerprint density at radius 2 is 2.05 bits per heavy atom. The second kappa shape index (κ2) is 6.75. The maximum atomic E-state index is 12.9. The summed E-state index contributed by atoms with van der Waals surface area (Å²) in [6.45, 7) is 1.32. The van der Waals surface area contributed by atoms with E-state index in [0.29, 0.717) is 6.61 Å². The van der Waals surface area contributed by atoms with Gasteiger partial charge in [0, 0.05) is 25.0 Å². The molecule has 0 bridgehead atoms. The Kier molecular flexibility index (Phi) is 5.01. The highest BCUT2D eigenvalue weighted by molar-refractivity contribution is 7.11. The lowest BCUT2D eigenvalue weighted by Crippen LogP contribution is -2.06. The van der Waals surface area contributed by atoms with Crippen LogP contribution in [0.3, 0.4) is 0 Å². The second-order valence-electron chi connectivity index (χ2n) is 4.24. The van der Waals surface area contributed by atoms with Gasteiger partial charge in [0.25, 0.3) is 0 Å². The largest absolute Gasteiger partial charge is 0.378 e. The highest BCUT2D eigenvalue weighted by atomic mass is 32.1. The number of methoxy groups -OCH3 is 1. The van der Waals surface area contributed by atoms with Crippen molar-refractivity contribution >= 4 is 11.3 Å². The third-order valence-corrected chi connectivity index (χ3v) is 3.81. The lowest BCUT2D eigenvalue weighted by atomic mass is 10.1. The molecule has 0 aliphatic carbocycles. The van der Waals surface area contributed by atoms with Crippen molar-refractivity contribution in [2.45, 2.75) is 19.6 Å². The average Bonchev–Trinajstić information content (AvgIpc) is 2.75. The maximum absolute atomic E-state index is 12.9. The molecule has 19 heavy (non-hydrogen) atoms. The molecule has 0 saturated heterocycles. The molecule has 1 aromatic carbocycles. The minimum atomic E-state index is -0.209. The standard InChI is InChI=1S/C14H17FN2OS/c1-16-8-13-12(9-18-2)17-14(19-13)7-10-3-5-11(15)6-4-10/h3-6,16H,7-9H2,1-2H3. The Morgan fingerprint density at radius 3 is 2.68 bits per heavy atom. The summed E-state index contributed by atoms with van der Waals surface area (Å²) in [6, 6.07) is 6.55. The van der Waals surface area contributed by atoms with Crippen molar-refractivity contribution in [3.63, 3.8) is 0 Å². The number of hydrogen-bond donors (Lipinski definition) is 1. The Hall–Kier alpha value is -1.30. The molecule has 1 aromatic heterocycles. The van der Waals surface area contributed by atoms with E-state index in [1.54, 1.807) is 30.6 Å². The normalized spacial score (nSPS) is 10.9. The number of benzene rings is 1. The number of ether oxygens (including phenoxy) is 1. The van der Waals surface area contributed by atoms with Gasteiger partial charge in [-0.15, -0.1) is 11.3 Å². The van der Waals surface area contributed by atoms with E-state index in [2.05, 4.69) is 10.3 Å². The van der Waals surface area contributed by atoms with Crippen molar-refractivity contribution in [3.05, 3.63) is 51.2 Å². The van der Waals surface area contributed by atoms with E-state index < -0.39 is 0 Å². The average molecular weight is 280 g/mol. The summed E-state index contributed by atoms with van der Waals surface area (Å²) in [7, 11) is 3.58. The lowest BCUT2D eigenvalue weighted by molar-refractivity contribution is 0.181. The van der Waals surface area contributed by atoms with Crippen LogP contribution < -0.4 is 5.32 Å². The smallest absolute Gasteiger partial charge is 0.123 e. The molecule has 5 heteroatoms. The van der Waals surface area contributed by atoms with Gasteiger partial charge in [-0.05, 0) is 24.7 Å². The molecule has 0 fully saturated rings. The van der Waals surface area contributed by atoms with E-state index in [1.807, 2.05) is 7.05 Å². The van der Waals surface area contributed by atoms with Gasteiger partial charge in [-0.1, -0.05) is 12.1 Å². The zero-order valence-electron chi connectivity index (χ0n) is 11.1. The number of rotatable bonds is 6. The molecular weight excluding hydrogens is 263 g/mol. The maximum Gasteiger partial charge on any atom is 0.123 e. The highest BCUT2D eigenvalue weighted by Crippen LogP contribution is 2.22. The van der Waals surface area contributed by atoms with Crippen molar-refractivity contribution in [1.82, 2.24) is 10.3 Å². The van der Waals surface area contributed by atoms with Crippen LogP contribution in [-0.4, -0.2) is 19.1 Å². The van der Waals surface area contributed by atoms with Crippen molar-refractivity contribution in [3.8, 4) is 0 Å². The molecule has 0 unspecified atom stereocenters. The van der Waals surface area contributed by atoms with E-state index in [-0.39, 0.29) is 5.82 Å². The molecule has 0 saturated carbocycles. The summed E-state index contributed by atoms with van der Waals surface area (Å²) in [5.74, 6) is -0.209. The summed E-state index contributed by atoms with van der Waals surface area (Å²) in [6.07, 6.45) is 0.728. The monoisotopic (exact) mass is 280 g/mol. The van der Waals surface area contributed by atoms with E-state index in [1.165, 1.54) is 17.0 Å². The first-order chi connectivity index (χ1) is 9.22. The van der Waals surface area contributed by atoms with Gasteiger partial charge in [-0.3, -0.25) is 0 Å². The van der Waals surface area contributed by atoms with Crippen LogP contribution in [0.5, 0.6) is 0 Å². The van der Waals surface area contributed by atoms with Gasteiger partial charge in [0.15, 0.2) is 0 Å². The fourth-order valence-corrected chi connectivity index (χ4v) is 2.96. The van der Waals surface area contributed by atoms with Crippen LogP contribution in [0.4, 0.5) is 4.39 Å². The van der Waals surface area contributed by atoms with E-state index in [0.717, 1.165) is 29.2 Å². The lowest BCUT2D eigenvalue weighted by Gasteiger charge is -1.98. The van der Waals surface area contributed by atoms with Crippen molar-refractivity contribution in [2.24, 2.45) is 0 Å². The fourth-order valence-electron chi connectivity index (χ4n) is 1.84. The summed E-state index contributed by atoms with van der Waals surface area (Å²) < 4.78 is 18.0. The molecule has 102 valence electrons. The molecule has 2 rings (SSSR count). The molecule has 0 spiro atoms. The van der Waals surface area contributed by atoms with Gasteiger partial charge in [0.2, 0.25) is 0 Å². The zero-order chi connectivity index (χ0) is 13.7. The van der Waals surface area contributed by atoms with Crippen LogP contribution in [0.1, 0.15) is 21.1 Å². The van der Waals surface area contributed by atoms with E-state index >= 15 is 0 Å². The topological polar surface area (TPSA) is 34.2 Å². The number of aromatic nitrogens is 1. The van der Waals surface area contributed by atoms with Crippen LogP contribution in [0.25, 0.3) is 0 Å². The minimum absolute atomic E-state index is 0.209. The minimum Gasteiger partial charge on any atom is -0.378 e. The van der Waals surface area contributed by atoms with Crippen LogP contribution in [0, 0.1) is 5.82 Å². The van der Waals surface area contributed by atoms with E-state index in [4.69, 9.17) is 4.74 Å². The number of thiazole rings is 1. The Morgan fingerprint density at radius 1 is 1.32 bits per heavy atom. The third kappa shape index (κ3) is 3.83. The van der Waals surface area contributed by atoms with Gasteiger partial charge >= 0.3 is 0 Å². The molecule has 0 radical (unpaired) electrons. The molecule has 0 aliphatic heterocycles. The van der Waals surface area contributed by atoms with Crippen molar-refractivity contribution < 1.29 is 9.13 Å². The molecule has 0 aliphatic rings. The molecule has 0 atom stereocenters. The molecule has 1 N–H and O–H groups in total. The first kappa shape index (κ1) is 14.1. The van der Waals surface area contributed by atoms with Gasteiger partial charge in [0.1, 0.15) is 5.82 Å². The van der Waals surface area contributed by atoms with E-state index in [9.17, 15) is 4.39 Å².